The van der Waals surface area contributed by atoms with Gasteiger partial charge in [0.2, 0.25) is 0 Å². The second-order valence-electron chi connectivity index (χ2n) is 4.00. The highest BCUT2D eigenvalue weighted by Gasteiger charge is 2.12. The second kappa shape index (κ2) is 5.14. The van der Waals surface area contributed by atoms with Crippen molar-refractivity contribution in [3.8, 4) is 0 Å². The molecule has 0 saturated heterocycles. The van der Waals surface area contributed by atoms with Crippen molar-refractivity contribution in [2.45, 2.75) is 33.4 Å². The second-order valence-corrected chi connectivity index (χ2v) is 4.00. The Kier molecular flexibility index (Phi) is 4.12. The third-order valence-electron chi connectivity index (χ3n) is 2.49. The Bertz CT molecular complexity index is 323. The van der Waals surface area contributed by atoms with Crippen LogP contribution in [0.15, 0.2) is 18.2 Å². The molecule has 15 heavy (non-hydrogen) atoms. The summed E-state index contributed by atoms with van der Waals surface area (Å²) in [6.45, 7) is 5.98. The number of benzene rings is 1. The standard InChI is InChI=1S/C12H19NO2/c1-9(2)13(8-15)12-5-4-10(3)6-11(12)7-14/h4-6,9,14-15H,7-8H2,1-3H3. The summed E-state index contributed by atoms with van der Waals surface area (Å²) in [5.74, 6) is 0. The highest BCUT2D eigenvalue weighted by atomic mass is 16.3. The molecular formula is C12H19NO2. The summed E-state index contributed by atoms with van der Waals surface area (Å²) in [6.07, 6.45) is 0. The van der Waals surface area contributed by atoms with Gasteiger partial charge in [0.15, 0.2) is 0 Å². The van der Waals surface area contributed by atoms with E-state index in [9.17, 15) is 10.2 Å². The van der Waals surface area contributed by atoms with Crippen molar-refractivity contribution in [3.63, 3.8) is 0 Å². The normalized spacial score (nSPS) is 10.8. The Morgan fingerprint density at radius 3 is 2.40 bits per heavy atom. The average Bonchev–Trinajstić information content (AvgIpc) is 2.20. The van der Waals surface area contributed by atoms with Crippen LogP contribution < -0.4 is 4.90 Å². The summed E-state index contributed by atoms with van der Waals surface area (Å²) >= 11 is 0. The molecule has 3 nitrogen and oxygen atoms in total. The predicted molar refractivity (Wildman–Crippen MR) is 61.8 cm³/mol. The summed E-state index contributed by atoms with van der Waals surface area (Å²) in [5, 5.41) is 18.5. The first kappa shape index (κ1) is 12.0. The lowest BCUT2D eigenvalue weighted by molar-refractivity contribution is 0.271. The van der Waals surface area contributed by atoms with Crippen LogP contribution >= 0.6 is 0 Å². The molecule has 0 radical (unpaired) electrons. The van der Waals surface area contributed by atoms with Gasteiger partial charge in [-0.3, -0.25) is 0 Å². The lowest BCUT2D eigenvalue weighted by Crippen LogP contribution is -2.32. The van der Waals surface area contributed by atoms with E-state index in [0.29, 0.717) is 0 Å². The van der Waals surface area contributed by atoms with Crippen molar-refractivity contribution < 1.29 is 10.2 Å². The van der Waals surface area contributed by atoms with E-state index in [4.69, 9.17) is 0 Å². The van der Waals surface area contributed by atoms with Gasteiger partial charge in [-0.05, 0) is 26.8 Å². The number of nitrogens with zero attached hydrogens (tertiary/aromatic N) is 1. The number of aliphatic hydroxyl groups is 2. The van der Waals surface area contributed by atoms with Crippen molar-refractivity contribution in [1.82, 2.24) is 0 Å². The fraction of sp³-hybridized carbons (Fsp3) is 0.500. The van der Waals surface area contributed by atoms with Crippen LogP contribution in [0.5, 0.6) is 0 Å². The number of anilines is 1. The molecule has 0 aliphatic heterocycles. The van der Waals surface area contributed by atoms with Crippen LogP contribution in [-0.4, -0.2) is 23.0 Å². The maximum Gasteiger partial charge on any atom is 0.115 e. The monoisotopic (exact) mass is 209 g/mol. The summed E-state index contributed by atoms with van der Waals surface area (Å²) in [5.41, 5.74) is 2.88. The van der Waals surface area contributed by atoms with Gasteiger partial charge in [-0.15, -0.1) is 0 Å². The molecule has 84 valence electrons. The highest BCUT2D eigenvalue weighted by molar-refractivity contribution is 5.55. The molecule has 0 bridgehead atoms. The van der Waals surface area contributed by atoms with Crippen LogP contribution in [-0.2, 0) is 6.61 Å². The molecule has 1 rings (SSSR count). The van der Waals surface area contributed by atoms with Crippen LogP contribution in [0.3, 0.4) is 0 Å². The quantitative estimate of drug-likeness (QED) is 0.741. The fourth-order valence-electron chi connectivity index (χ4n) is 1.64. The van der Waals surface area contributed by atoms with Crippen LogP contribution in [0.2, 0.25) is 0 Å². The summed E-state index contributed by atoms with van der Waals surface area (Å²) < 4.78 is 0. The van der Waals surface area contributed by atoms with Gasteiger partial charge in [-0.25, -0.2) is 0 Å². The van der Waals surface area contributed by atoms with Crippen LogP contribution in [0, 0.1) is 6.92 Å². The molecule has 0 amide bonds. The smallest absolute Gasteiger partial charge is 0.115 e. The van der Waals surface area contributed by atoms with E-state index in [-0.39, 0.29) is 19.4 Å². The molecule has 0 heterocycles. The molecule has 0 aromatic heterocycles. The van der Waals surface area contributed by atoms with Gasteiger partial charge in [-0.1, -0.05) is 17.7 Å². The Hall–Kier alpha value is -1.06. The largest absolute Gasteiger partial charge is 0.392 e. The van der Waals surface area contributed by atoms with E-state index in [1.165, 1.54) is 0 Å². The van der Waals surface area contributed by atoms with Gasteiger partial charge in [0.05, 0.1) is 6.61 Å². The predicted octanol–water partition coefficient (Wildman–Crippen LogP) is 1.65. The van der Waals surface area contributed by atoms with Gasteiger partial charge < -0.3 is 15.1 Å². The highest BCUT2D eigenvalue weighted by Crippen LogP contribution is 2.23. The first-order chi connectivity index (χ1) is 7.10. The number of hydrogen-bond acceptors (Lipinski definition) is 3. The van der Waals surface area contributed by atoms with Crippen molar-refractivity contribution in [2.24, 2.45) is 0 Å². The first-order valence-corrected chi connectivity index (χ1v) is 5.18. The number of aryl methyl sites for hydroxylation is 1. The summed E-state index contributed by atoms with van der Waals surface area (Å²) in [6, 6.07) is 6.08. The molecule has 0 aliphatic rings. The number of aliphatic hydroxyl groups excluding tert-OH is 2. The summed E-state index contributed by atoms with van der Waals surface area (Å²) in [4.78, 5) is 1.85. The zero-order chi connectivity index (χ0) is 11.4. The van der Waals surface area contributed by atoms with Crippen molar-refractivity contribution >= 4 is 5.69 Å². The lowest BCUT2D eigenvalue weighted by atomic mass is 10.1. The molecule has 0 atom stereocenters. The minimum Gasteiger partial charge on any atom is -0.392 e. The fourth-order valence-corrected chi connectivity index (χ4v) is 1.64. The molecule has 0 saturated carbocycles. The minimum absolute atomic E-state index is 0.000231. The van der Waals surface area contributed by atoms with Gasteiger partial charge in [0.1, 0.15) is 6.73 Å². The molecule has 2 N–H and O–H groups in total. The zero-order valence-electron chi connectivity index (χ0n) is 9.57. The van der Waals surface area contributed by atoms with E-state index < -0.39 is 0 Å². The SMILES string of the molecule is Cc1ccc(N(CO)C(C)C)c(CO)c1. The molecular weight excluding hydrogens is 190 g/mol. The van der Waals surface area contributed by atoms with E-state index in [1.807, 2.05) is 43.9 Å². The van der Waals surface area contributed by atoms with E-state index >= 15 is 0 Å². The van der Waals surface area contributed by atoms with E-state index in [1.54, 1.807) is 0 Å². The molecule has 3 heteroatoms. The van der Waals surface area contributed by atoms with Crippen molar-refractivity contribution in [3.05, 3.63) is 29.3 Å². The molecule has 0 unspecified atom stereocenters. The Labute approximate surface area is 91.0 Å². The Morgan fingerprint density at radius 2 is 1.93 bits per heavy atom. The van der Waals surface area contributed by atoms with Gasteiger partial charge in [0.25, 0.3) is 0 Å². The molecule has 0 spiro atoms. The zero-order valence-corrected chi connectivity index (χ0v) is 9.57. The van der Waals surface area contributed by atoms with Crippen molar-refractivity contribution in [2.75, 3.05) is 11.6 Å². The topological polar surface area (TPSA) is 43.7 Å². The minimum atomic E-state index is -0.0340. The van der Waals surface area contributed by atoms with Crippen LogP contribution in [0.1, 0.15) is 25.0 Å². The Morgan fingerprint density at radius 1 is 1.27 bits per heavy atom. The third kappa shape index (κ3) is 2.70. The maximum atomic E-state index is 9.28. The molecule has 1 aromatic carbocycles. The molecule has 0 fully saturated rings. The van der Waals surface area contributed by atoms with Crippen LogP contribution in [0.25, 0.3) is 0 Å². The van der Waals surface area contributed by atoms with E-state index in [2.05, 4.69) is 0 Å². The van der Waals surface area contributed by atoms with Crippen molar-refractivity contribution in [1.29, 1.82) is 0 Å². The number of rotatable bonds is 4. The summed E-state index contributed by atoms with van der Waals surface area (Å²) in [7, 11) is 0. The lowest BCUT2D eigenvalue weighted by Gasteiger charge is -2.28. The first-order valence-electron chi connectivity index (χ1n) is 5.18. The van der Waals surface area contributed by atoms with E-state index in [0.717, 1.165) is 16.8 Å². The maximum absolute atomic E-state index is 9.28. The molecule has 0 aliphatic carbocycles. The van der Waals surface area contributed by atoms with Gasteiger partial charge in [0, 0.05) is 17.3 Å². The Balaban J connectivity index is 3.11. The third-order valence-corrected chi connectivity index (χ3v) is 2.49. The molecule has 1 aromatic rings. The average molecular weight is 209 g/mol. The van der Waals surface area contributed by atoms with Gasteiger partial charge in [-0.2, -0.15) is 0 Å². The number of hydrogen-bond donors (Lipinski definition) is 2. The van der Waals surface area contributed by atoms with Gasteiger partial charge >= 0.3 is 0 Å². The van der Waals surface area contributed by atoms with Crippen LogP contribution in [0.4, 0.5) is 5.69 Å².